The van der Waals surface area contributed by atoms with E-state index in [-0.39, 0.29) is 0 Å². The normalized spacial score (nSPS) is 47.9. The minimum absolute atomic E-state index is 0.804. The van der Waals surface area contributed by atoms with Crippen molar-refractivity contribution in [2.24, 2.45) is 0 Å². The van der Waals surface area contributed by atoms with E-state index in [4.69, 9.17) is 13.6 Å². The van der Waals surface area contributed by atoms with E-state index < -0.39 is 6.64 Å². The van der Waals surface area contributed by atoms with Gasteiger partial charge in [-0.3, -0.25) is 0 Å². The molecule has 3 aliphatic heterocycles. The molecule has 0 N–H and O–H groups in total. The summed E-state index contributed by atoms with van der Waals surface area (Å²) in [6.45, 7) is 2.93. The molecule has 3 saturated heterocycles. The third-order valence-corrected chi connectivity index (χ3v) is 11.7. The minimum atomic E-state index is -2.73. The summed E-state index contributed by atoms with van der Waals surface area (Å²) in [5, 5.41) is 0. The fraction of sp³-hybridized carbons (Fsp3) is 1.00. The molecule has 3 heterocycles. The van der Waals surface area contributed by atoms with Gasteiger partial charge in [0.05, 0.1) is 0 Å². The molecule has 0 amide bonds. The predicted octanol–water partition coefficient (Wildman–Crippen LogP) is 1.39. The molecule has 0 saturated carbocycles. The van der Waals surface area contributed by atoms with Crippen LogP contribution in [0.15, 0.2) is 0 Å². The molecule has 3 fully saturated rings. The fourth-order valence-corrected chi connectivity index (χ4v) is 10.1. The third kappa shape index (κ3) is 0.748. The van der Waals surface area contributed by atoms with Crippen molar-refractivity contribution in [3.8, 4) is 0 Å². The Kier molecular flexibility index (Phi) is 1.64. The Morgan fingerprint density at radius 3 is 1.77 bits per heavy atom. The summed E-state index contributed by atoms with van der Waals surface area (Å²) in [5.41, 5.74) is 0. The number of hydrogen-bond donors (Lipinski definition) is 0. The molecule has 0 spiro atoms. The van der Waals surface area contributed by atoms with Crippen LogP contribution >= 0.6 is 18.0 Å². The van der Waals surface area contributed by atoms with Gasteiger partial charge in [-0.15, -0.1) is 0 Å². The van der Waals surface area contributed by atoms with Gasteiger partial charge in [0.25, 0.3) is 0 Å². The predicted molar refractivity (Wildman–Crippen MR) is 53.2 cm³/mol. The van der Waals surface area contributed by atoms with E-state index in [0.29, 0.717) is 0 Å². The van der Waals surface area contributed by atoms with Crippen molar-refractivity contribution in [3.63, 3.8) is 0 Å². The van der Waals surface area contributed by atoms with Gasteiger partial charge in [0.2, 0.25) is 0 Å². The average Bonchev–Trinajstić information content (AvgIpc) is 2.60. The van der Waals surface area contributed by atoms with Crippen molar-refractivity contribution in [1.82, 2.24) is 0 Å². The Morgan fingerprint density at radius 1 is 1.00 bits per heavy atom. The van der Waals surface area contributed by atoms with E-state index in [1.807, 2.05) is 0 Å². The first-order chi connectivity index (χ1) is 6.26. The van der Waals surface area contributed by atoms with Crippen LogP contribution in [0, 0.1) is 0 Å². The van der Waals surface area contributed by atoms with Crippen molar-refractivity contribution in [3.05, 3.63) is 0 Å². The van der Waals surface area contributed by atoms with Crippen molar-refractivity contribution in [2.45, 2.75) is 0 Å². The Balaban J connectivity index is 2.16. The van der Waals surface area contributed by atoms with Crippen molar-refractivity contribution >= 4 is 18.0 Å². The van der Waals surface area contributed by atoms with Crippen LogP contribution < -0.4 is 0 Å². The molecule has 0 atom stereocenters. The molecular weight excluding hydrogens is 209 g/mol. The first-order valence-electron chi connectivity index (χ1n) is 4.65. The van der Waals surface area contributed by atoms with Crippen LogP contribution in [-0.4, -0.2) is 50.0 Å². The van der Waals surface area contributed by atoms with Gasteiger partial charge < -0.3 is 0 Å². The van der Waals surface area contributed by atoms with Gasteiger partial charge in [-0.2, -0.15) is 0 Å². The van der Waals surface area contributed by atoms with Gasteiger partial charge in [0.1, 0.15) is 0 Å². The zero-order valence-electron chi connectivity index (χ0n) is 7.77. The van der Waals surface area contributed by atoms with E-state index in [1.54, 1.807) is 11.4 Å². The SMILES string of the molecule is CSP123OCC[N+]1(CCO2)CCO3. The first-order valence-corrected chi connectivity index (χ1v) is 8.43. The van der Waals surface area contributed by atoms with Gasteiger partial charge >= 0.3 is 81.6 Å². The molecule has 0 aromatic carbocycles. The summed E-state index contributed by atoms with van der Waals surface area (Å²) >= 11 is 1.70. The van der Waals surface area contributed by atoms with Crippen LogP contribution in [0.2, 0.25) is 0 Å². The van der Waals surface area contributed by atoms with Crippen LogP contribution in [0.3, 0.4) is 0 Å². The Labute approximate surface area is 82.1 Å². The number of nitrogens with zero attached hydrogens (tertiary/aromatic N) is 1. The van der Waals surface area contributed by atoms with E-state index in [9.17, 15) is 0 Å². The van der Waals surface area contributed by atoms with Crippen molar-refractivity contribution < 1.29 is 17.8 Å². The Morgan fingerprint density at radius 2 is 1.46 bits per heavy atom. The Bertz CT molecular complexity index is 230. The van der Waals surface area contributed by atoms with Gasteiger partial charge in [0, 0.05) is 0 Å². The summed E-state index contributed by atoms with van der Waals surface area (Å²) in [5.74, 6) is 0. The van der Waals surface area contributed by atoms with Gasteiger partial charge in [0.15, 0.2) is 0 Å². The molecule has 3 aliphatic rings. The number of quaternary nitrogens is 1. The van der Waals surface area contributed by atoms with Gasteiger partial charge in [-0.25, -0.2) is 0 Å². The zero-order valence-corrected chi connectivity index (χ0v) is 9.48. The van der Waals surface area contributed by atoms with Crippen LogP contribution in [0.25, 0.3) is 0 Å². The quantitative estimate of drug-likeness (QED) is 0.629. The fourth-order valence-electron chi connectivity index (χ4n) is 2.73. The van der Waals surface area contributed by atoms with E-state index in [0.717, 1.165) is 43.7 Å². The van der Waals surface area contributed by atoms with Gasteiger partial charge in [-0.1, -0.05) is 0 Å². The summed E-state index contributed by atoms with van der Waals surface area (Å²) < 4.78 is 18.8. The van der Waals surface area contributed by atoms with Crippen LogP contribution in [0.1, 0.15) is 0 Å². The Hall–Kier alpha value is 0.620. The molecule has 0 aromatic heterocycles. The molecule has 6 heteroatoms. The molecule has 0 unspecified atom stereocenters. The van der Waals surface area contributed by atoms with Gasteiger partial charge in [-0.05, 0) is 0 Å². The van der Waals surface area contributed by atoms with Crippen LogP contribution in [0.5, 0.6) is 0 Å². The molecule has 3 rings (SSSR count). The second-order valence-corrected chi connectivity index (χ2v) is 10.2. The molecular formula is C7H15NO3PS+. The first kappa shape index (κ1) is 8.89. The molecule has 0 radical (unpaired) electrons. The van der Waals surface area contributed by atoms with E-state index >= 15 is 0 Å². The van der Waals surface area contributed by atoms with E-state index in [2.05, 4.69) is 6.26 Å². The summed E-state index contributed by atoms with van der Waals surface area (Å²) in [6.07, 6.45) is 2.06. The summed E-state index contributed by atoms with van der Waals surface area (Å²) in [4.78, 5) is 0. The maximum atomic E-state index is 5.94. The van der Waals surface area contributed by atoms with Crippen molar-refractivity contribution in [1.29, 1.82) is 0 Å². The molecule has 4 nitrogen and oxygen atoms in total. The second kappa shape index (κ2) is 2.40. The standard InChI is InChI=1S/C7H15NO3PS/c1-13-12-8(2-5-9-12,3-6-10-12)4-7-11-12/h2-7H2,1H3/q+1. The summed E-state index contributed by atoms with van der Waals surface area (Å²) in [6, 6.07) is 0. The average molecular weight is 224 g/mol. The maximum absolute atomic E-state index is 5.94. The molecule has 0 bridgehead atoms. The molecule has 0 aromatic rings. The monoisotopic (exact) mass is 224 g/mol. The number of rotatable bonds is 1. The second-order valence-electron chi connectivity index (χ2n) is 3.72. The van der Waals surface area contributed by atoms with Crippen molar-refractivity contribution in [2.75, 3.05) is 45.7 Å². The van der Waals surface area contributed by atoms with E-state index in [1.165, 1.54) is 0 Å². The topological polar surface area (TPSA) is 27.7 Å². The molecule has 76 valence electrons. The van der Waals surface area contributed by atoms with Crippen LogP contribution in [-0.2, 0) is 13.6 Å². The summed E-state index contributed by atoms with van der Waals surface area (Å²) in [7, 11) is 0. The molecule has 0 aliphatic carbocycles. The van der Waals surface area contributed by atoms with Crippen LogP contribution in [0.4, 0.5) is 0 Å². The number of hydrogen-bond acceptors (Lipinski definition) is 4. The zero-order chi connectivity index (χ0) is 9.02. The third-order valence-electron chi connectivity index (χ3n) is 3.44. The molecule has 13 heavy (non-hydrogen) atoms.